The van der Waals surface area contributed by atoms with E-state index in [0.717, 1.165) is 6.42 Å². The highest BCUT2D eigenvalue weighted by Gasteiger charge is 1.96. The van der Waals surface area contributed by atoms with Crippen LogP contribution in [-0.2, 0) is 4.74 Å². The Labute approximate surface area is 78.5 Å². The summed E-state index contributed by atoms with van der Waals surface area (Å²) in [7, 11) is 0. The topological polar surface area (TPSA) is 44.5 Å². The predicted octanol–water partition coefficient (Wildman–Crippen LogP) is 2.03. The Kier molecular flexibility index (Phi) is 4.12. The van der Waals surface area contributed by atoms with Crippen LogP contribution in [0.1, 0.15) is 13.3 Å². The molecule has 0 amide bonds. The normalized spacial score (nSPS) is 9.92. The lowest BCUT2D eigenvalue weighted by molar-refractivity contribution is 0.0161. The van der Waals surface area contributed by atoms with Crippen LogP contribution in [-0.4, -0.2) is 13.4 Å². The SMILES string of the molecule is CCCOCOc1ccccc1N. The van der Waals surface area contributed by atoms with Crippen LogP contribution in [0.3, 0.4) is 0 Å². The molecule has 0 fully saturated rings. The van der Waals surface area contributed by atoms with Crippen molar-refractivity contribution in [2.24, 2.45) is 0 Å². The molecule has 0 saturated heterocycles. The highest BCUT2D eigenvalue weighted by atomic mass is 16.7. The number of nitrogen functional groups attached to an aromatic ring is 1. The summed E-state index contributed by atoms with van der Waals surface area (Å²) in [5.74, 6) is 0.679. The molecule has 1 aromatic carbocycles. The van der Waals surface area contributed by atoms with Crippen molar-refractivity contribution >= 4 is 5.69 Å². The third-order valence-electron chi connectivity index (χ3n) is 1.57. The summed E-state index contributed by atoms with van der Waals surface area (Å²) in [6, 6.07) is 7.38. The molecule has 13 heavy (non-hydrogen) atoms. The fourth-order valence-corrected chi connectivity index (χ4v) is 0.920. The summed E-state index contributed by atoms with van der Waals surface area (Å²) < 4.78 is 10.5. The molecule has 3 nitrogen and oxygen atoms in total. The van der Waals surface area contributed by atoms with Gasteiger partial charge < -0.3 is 15.2 Å². The maximum absolute atomic E-state index is 5.65. The minimum absolute atomic E-state index is 0.266. The van der Waals surface area contributed by atoms with E-state index in [-0.39, 0.29) is 6.79 Å². The number of para-hydroxylation sites is 2. The molecule has 0 saturated carbocycles. The highest BCUT2D eigenvalue weighted by molar-refractivity contribution is 5.51. The summed E-state index contributed by atoms with van der Waals surface area (Å²) in [5.41, 5.74) is 6.30. The van der Waals surface area contributed by atoms with Gasteiger partial charge in [-0.1, -0.05) is 19.1 Å². The van der Waals surface area contributed by atoms with Gasteiger partial charge in [0.1, 0.15) is 5.75 Å². The fourth-order valence-electron chi connectivity index (χ4n) is 0.920. The molecule has 1 rings (SSSR count). The van der Waals surface area contributed by atoms with Gasteiger partial charge in [-0.2, -0.15) is 0 Å². The molecular weight excluding hydrogens is 166 g/mol. The zero-order chi connectivity index (χ0) is 9.52. The monoisotopic (exact) mass is 181 g/mol. The van der Waals surface area contributed by atoms with Gasteiger partial charge in [-0.25, -0.2) is 0 Å². The smallest absolute Gasteiger partial charge is 0.189 e. The molecule has 0 bridgehead atoms. The molecule has 0 aliphatic rings. The second kappa shape index (κ2) is 5.43. The molecule has 0 aliphatic heterocycles. The molecule has 0 spiro atoms. The molecule has 1 aromatic rings. The first-order valence-electron chi connectivity index (χ1n) is 4.39. The van der Waals surface area contributed by atoms with Crippen molar-refractivity contribution in [2.45, 2.75) is 13.3 Å². The number of ether oxygens (including phenoxy) is 2. The van der Waals surface area contributed by atoms with Crippen LogP contribution in [0.5, 0.6) is 5.75 Å². The largest absolute Gasteiger partial charge is 0.465 e. The number of nitrogens with two attached hydrogens (primary N) is 1. The van der Waals surface area contributed by atoms with Gasteiger partial charge in [-0.15, -0.1) is 0 Å². The average molecular weight is 181 g/mol. The molecule has 0 heterocycles. The van der Waals surface area contributed by atoms with Crippen molar-refractivity contribution < 1.29 is 9.47 Å². The Balaban J connectivity index is 2.32. The second-order valence-corrected chi connectivity index (χ2v) is 2.71. The molecule has 0 aromatic heterocycles. The first-order valence-corrected chi connectivity index (χ1v) is 4.39. The summed E-state index contributed by atoms with van der Waals surface area (Å²) in [4.78, 5) is 0. The van der Waals surface area contributed by atoms with Crippen LogP contribution in [0.25, 0.3) is 0 Å². The van der Waals surface area contributed by atoms with Crippen molar-refractivity contribution in [1.82, 2.24) is 0 Å². The summed E-state index contributed by atoms with van der Waals surface area (Å²) >= 11 is 0. The molecule has 72 valence electrons. The van der Waals surface area contributed by atoms with Gasteiger partial charge >= 0.3 is 0 Å². The molecule has 0 aliphatic carbocycles. The maximum atomic E-state index is 5.65. The van der Waals surface area contributed by atoms with Crippen LogP contribution < -0.4 is 10.5 Å². The third-order valence-corrected chi connectivity index (χ3v) is 1.57. The van der Waals surface area contributed by atoms with Crippen LogP contribution >= 0.6 is 0 Å². The molecule has 0 radical (unpaired) electrons. The molecule has 2 N–H and O–H groups in total. The third kappa shape index (κ3) is 3.34. The van der Waals surface area contributed by atoms with E-state index in [1.165, 1.54) is 0 Å². The van der Waals surface area contributed by atoms with E-state index in [1.54, 1.807) is 6.07 Å². The quantitative estimate of drug-likeness (QED) is 0.429. The standard InChI is InChI=1S/C10H15NO2/c1-2-7-12-8-13-10-6-4-3-5-9(10)11/h3-6H,2,7-8,11H2,1H3. The van der Waals surface area contributed by atoms with Gasteiger partial charge in [0.25, 0.3) is 0 Å². The number of hydrogen-bond donors (Lipinski definition) is 1. The predicted molar refractivity (Wildman–Crippen MR) is 52.6 cm³/mol. The minimum atomic E-state index is 0.266. The lowest BCUT2D eigenvalue weighted by Crippen LogP contribution is -2.04. The fraction of sp³-hybridized carbons (Fsp3) is 0.400. The molecular formula is C10H15NO2. The summed E-state index contributed by atoms with van der Waals surface area (Å²) in [6.45, 7) is 3.03. The average Bonchev–Trinajstić information content (AvgIpc) is 2.15. The first-order chi connectivity index (χ1) is 6.34. The van der Waals surface area contributed by atoms with Gasteiger partial charge in [-0.3, -0.25) is 0 Å². The van der Waals surface area contributed by atoms with Gasteiger partial charge in [0, 0.05) is 0 Å². The van der Waals surface area contributed by atoms with E-state index in [9.17, 15) is 0 Å². The van der Waals surface area contributed by atoms with E-state index in [4.69, 9.17) is 15.2 Å². The van der Waals surface area contributed by atoms with E-state index in [2.05, 4.69) is 6.92 Å². The zero-order valence-corrected chi connectivity index (χ0v) is 7.82. The van der Waals surface area contributed by atoms with Crippen LogP contribution in [0.2, 0.25) is 0 Å². The Hall–Kier alpha value is -1.22. The van der Waals surface area contributed by atoms with Crippen molar-refractivity contribution in [3.05, 3.63) is 24.3 Å². The van der Waals surface area contributed by atoms with Crippen molar-refractivity contribution in [3.8, 4) is 5.75 Å². The first kappa shape index (κ1) is 9.86. The van der Waals surface area contributed by atoms with E-state index in [1.807, 2.05) is 18.2 Å². The van der Waals surface area contributed by atoms with Crippen molar-refractivity contribution in [2.75, 3.05) is 19.1 Å². The van der Waals surface area contributed by atoms with Gasteiger partial charge in [-0.05, 0) is 18.6 Å². The van der Waals surface area contributed by atoms with Gasteiger partial charge in [0.2, 0.25) is 0 Å². The Morgan fingerprint density at radius 2 is 2.08 bits per heavy atom. The van der Waals surface area contributed by atoms with Crippen molar-refractivity contribution in [1.29, 1.82) is 0 Å². The highest BCUT2D eigenvalue weighted by Crippen LogP contribution is 2.19. The molecule has 0 atom stereocenters. The van der Waals surface area contributed by atoms with Crippen LogP contribution in [0.15, 0.2) is 24.3 Å². The van der Waals surface area contributed by atoms with E-state index in [0.29, 0.717) is 18.0 Å². The van der Waals surface area contributed by atoms with Crippen LogP contribution in [0, 0.1) is 0 Å². The second-order valence-electron chi connectivity index (χ2n) is 2.71. The van der Waals surface area contributed by atoms with Gasteiger partial charge in [0.05, 0.1) is 12.3 Å². The number of hydrogen-bond acceptors (Lipinski definition) is 3. The molecule has 3 heteroatoms. The summed E-state index contributed by atoms with van der Waals surface area (Å²) in [5, 5.41) is 0. The van der Waals surface area contributed by atoms with E-state index >= 15 is 0 Å². The maximum Gasteiger partial charge on any atom is 0.189 e. The van der Waals surface area contributed by atoms with Gasteiger partial charge in [0.15, 0.2) is 6.79 Å². The Morgan fingerprint density at radius 1 is 1.31 bits per heavy atom. The zero-order valence-electron chi connectivity index (χ0n) is 7.82. The van der Waals surface area contributed by atoms with Crippen LogP contribution in [0.4, 0.5) is 5.69 Å². The number of anilines is 1. The number of benzene rings is 1. The van der Waals surface area contributed by atoms with Crippen molar-refractivity contribution in [3.63, 3.8) is 0 Å². The number of rotatable bonds is 5. The summed E-state index contributed by atoms with van der Waals surface area (Å²) in [6.07, 6.45) is 0.994. The molecule has 0 unspecified atom stereocenters. The minimum Gasteiger partial charge on any atom is -0.465 e. The lowest BCUT2D eigenvalue weighted by atomic mass is 10.3. The van der Waals surface area contributed by atoms with E-state index < -0.39 is 0 Å². The lowest BCUT2D eigenvalue weighted by Gasteiger charge is -2.07. The Bertz CT molecular complexity index is 250. The Morgan fingerprint density at radius 3 is 2.77 bits per heavy atom.